The fraction of sp³-hybridized carbons (Fsp3) is 0.524. The summed E-state index contributed by atoms with van der Waals surface area (Å²) in [5.41, 5.74) is 3.04. The number of benzene rings is 1. The van der Waals surface area contributed by atoms with Gasteiger partial charge < -0.3 is 14.8 Å². The number of ether oxygens (including phenoxy) is 2. The number of carbonyl (C=O) groups excluding carboxylic acids is 1. The van der Waals surface area contributed by atoms with E-state index < -0.39 is 0 Å². The number of fused-ring (bicyclic) bond motifs is 1. The lowest BCUT2D eigenvalue weighted by Crippen LogP contribution is -2.40. The van der Waals surface area contributed by atoms with Crippen LogP contribution in [-0.4, -0.2) is 53.4 Å². The SMILES string of the molecule is Cc1cc(C)n(CC2CCN(CC(=O)Nc3ccc4c(c3)OCCO4)CC2)n1. The number of piperidine rings is 1. The van der Waals surface area contributed by atoms with Crippen LogP contribution >= 0.6 is 0 Å². The number of carbonyl (C=O) groups is 1. The molecule has 28 heavy (non-hydrogen) atoms. The number of aromatic nitrogens is 2. The number of hydrogen-bond acceptors (Lipinski definition) is 5. The lowest BCUT2D eigenvalue weighted by Gasteiger charge is -2.31. The lowest BCUT2D eigenvalue weighted by molar-refractivity contribution is -0.117. The lowest BCUT2D eigenvalue weighted by atomic mass is 9.97. The van der Waals surface area contributed by atoms with Gasteiger partial charge in [0.25, 0.3) is 0 Å². The van der Waals surface area contributed by atoms with E-state index in [-0.39, 0.29) is 5.91 Å². The van der Waals surface area contributed by atoms with Crippen molar-refractivity contribution in [2.24, 2.45) is 5.92 Å². The van der Waals surface area contributed by atoms with Crippen LogP contribution in [0.25, 0.3) is 0 Å². The van der Waals surface area contributed by atoms with Crippen LogP contribution in [0.15, 0.2) is 24.3 Å². The summed E-state index contributed by atoms with van der Waals surface area (Å²) in [7, 11) is 0. The molecule has 4 rings (SSSR count). The van der Waals surface area contributed by atoms with Gasteiger partial charge in [0.05, 0.1) is 12.2 Å². The predicted molar refractivity (Wildman–Crippen MR) is 107 cm³/mol. The maximum atomic E-state index is 12.4. The largest absolute Gasteiger partial charge is 0.486 e. The molecular weight excluding hydrogens is 356 g/mol. The molecule has 2 aliphatic rings. The Morgan fingerprint density at radius 1 is 1.14 bits per heavy atom. The minimum absolute atomic E-state index is 0.00803. The van der Waals surface area contributed by atoms with Gasteiger partial charge in [-0.05, 0) is 63.9 Å². The molecule has 0 radical (unpaired) electrons. The number of rotatable bonds is 5. The molecule has 0 saturated carbocycles. The van der Waals surface area contributed by atoms with Gasteiger partial charge in [-0.15, -0.1) is 0 Å². The molecule has 1 amide bonds. The average molecular weight is 384 g/mol. The molecule has 150 valence electrons. The molecule has 0 spiro atoms. The van der Waals surface area contributed by atoms with Crippen molar-refractivity contribution in [1.29, 1.82) is 0 Å². The van der Waals surface area contributed by atoms with Crippen molar-refractivity contribution in [3.8, 4) is 11.5 Å². The Hall–Kier alpha value is -2.54. The van der Waals surface area contributed by atoms with Gasteiger partial charge in [-0.3, -0.25) is 14.4 Å². The van der Waals surface area contributed by atoms with Crippen molar-refractivity contribution in [2.45, 2.75) is 33.2 Å². The first-order chi connectivity index (χ1) is 13.6. The molecule has 1 saturated heterocycles. The Bertz CT molecular complexity index is 840. The van der Waals surface area contributed by atoms with Crippen LogP contribution in [0.4, 0.5) is 5.69 Å². The second-order valence-corrected chi connectivity index (χ2v) is 7.74. The zero-order chi connectivity index (χ0) is 19.5. The highest BCUT2D eigenvalue weighted by Gasteiger charge is 2.22. The van der Waals surface area contributed by atoms with Gasteiger partial charge >= 0.3 is 0 Å². The van der Waals surface area contributed by atoms with Crippen LogP contribution in [-0.2, 0) is 11.3 Å². The number of amides is 1. The highest BCUT2D eigenvalue weighted by molar-refractivity contribution is 5.92. The molecule has 0 atom stereocenters. The van der Waals surface area contributed by atoms with Crippen LogP contribution in [0.2, 0.25) is 0 Å². The van der Waals surface area contributed by atoms with E-state index >= 15 is 0 Å². The molecule has 7 nitrogen and oxygen atoms in total. The number of anilines is 1. The van der Waals surface area contributed by atoms with Gasteiger partial charge in [-0.2, -0.15) is 5.10 Å². The molecule has 2 aliphatic heterocycles. The summed E-state index contributed by atoms with van der Waals surface area (Å²) in [6.45, 7) is 8.52. The molecule has 1 N–H and O–H groups in total. The Morgan fingerprint density at radius 2 is 1.89 bits per heavy atom. The molecule has 0 bridgehead atoms. The minimum Gasteiger partial charge on any atom is -0.486 e. The minimum atomic E-state index is 0.00803. The van der Waals surface area contributed by atoms with Crippen LogP contribution in [0.1, 0.15) is 24.2 Å². The van der Waals surface area contributed by atoms with E-state index in [0.717, 1.165) is 49.6 Å². The number of nitrogens with one attached hydrogen (secondary N) is 1. The number of nitrogens with zero attached hydrogens (tertiary/aromatic N) is 3. The van der Waals surface area contributed by atoms with E-state index in [1.807, 2.05) is 25.1 Å². The molecule has 7 heteroatoms. The third kappa shape index (κ3) is 4.47. The zero-order valence-corrected chi connectivity index (χ0v) is 16.6. The van der Waals surface area contributed by atoms with Crippen molar-refractivity contribution in [3.05, 3.63) is 35.7 Å². The standard InChI is InChI=1S/C21H28N4O3/c1-15-11-16(2)25(23-15)13-17-5-7-24(8-6-17)14-21(26)22-18-3-4-19-20(12-18)28-10-9-27-19/h3-4,11-12,17H,5-10,13-14H2,1-2H3,(H,22,26). The summed E-state index contributed by atoms with van der Waals surface area (Å²) in [4.78, 5) is 14.7. The van der Waals surface area contributed by atoms with Crippen molar-refractivity contribution in [3.63, 3.8) is 0 Å². The van der Waals surface area contributed by atoms with Crippen LogP contribution in [0.5, 0.6) is 11.5 Å². The van der Waals surface area contributed by atoms with E-state index in [0.29, 0.717) is 31.4 Å². The van der Waals surface area contributed by atoms with Crippen molar-refractivity contribution in [1.82, 2.24) is 14.7 Å². The summed E-state index contributed by atoms with van der Waals surface area (Å²) in [6.07, 6.45) is 2.19. The summed E-state index contributed by atoms with van der Waals surface area (Å²) < 4.78 is 13.2. The maximum absolute atomic E-state index is 12.4. The smallest absolute Gasteiger partial charge is 0.238 e. The van der Waals surface area contributed by atoms with Gasteiger partial charge in [0.1, 0.15) is 13.2 Å². The quantitative estimate of drug-likeness (QED) is 0.858. The number of aryl methyl sites for hydroxylation is 2. The van der Waals surface area contributed by atoms with E-state index in [2.05, 4.69) is 33.0 Å². The van der Waals surface area contributed by atoms with Gasteiger partial charge in [0.15, 0.2) is 11.5 Å². The Kier molecular flexibility index (Phi) is 5.52. The molecule has 2 aromatic rings. The third-order valence-electron chi connectivity index (χ3n) is 5.43. The fourth-order valence-corrected chi connectivity index (χ4v) is 3.96. The summed E-state index contributed by atoms with van der Waals surface area (Å²) in [5, 5.41) is 7.54. The first kappa shape index (κ1) is 18.8. The van der Waals surface area contributed by atoms with Gasteiger partial charge in [-0.25, -0.2) is 0 Å². The van der Waals surface area contributed by atoms with Gasteiger partial charge in [-0.1, -0.05) is 0 Å². The normalized spacial score (nSPS) is 17.5. The zero-order valence-electron chi connectivity index (χ0n) is 16.6. The number of likely N-dealkylation sites (tertiary alicyclic amines) is 1. The van der Waals surface area contributed by atoms with Crippen LogP contribution in [0, 0.1) is 19.8 Å². The van der Waals surface area contributed by atoms with Gasteiger partial charge in [0.2, 0.25) is 5.91 Å². The van der Waals surface area contributed by atoms with Crippen LogP contribution < -0.4 is 14.8 Å². The van der Waals surface area contributed by atoms with Crippen molar-refractivity contribution in [2.75, 3.05) is 38.2 Å². The summed E-state index contributed by atoms with van der Waals surface area (Å²) >= 11 is 0. The first-order valence-corrected chi connectivity index (χ1v) is 10.00. The fourth-order valence-electron chi connectivity index (χ4n) is 3.96. The van der Waals surface area contributed by atoms with Crippen molar-refractivity contribution >= 4 is 11.6 Å². The molecule has 1 aromatic carbocycles. The maximum Gasteiger partial charge on any atom is 0.238 e. The van der Waals surface area contributed by atoms with E-state index in [9.17, 15) is 4.79 Å². The third-order valence-corrected chi connectivity index (χ3v) is 5.43. The Labute approximate surface area is 165 Å². The van der Waals surface area contributed by atoms with Crippen LogP contribution in [0.3, 0.4) is 0 Å². The van der Waals surface area contributed by atoms with Gasteiger partial charge in [0, 0.05) is 24.0 Å². The summed E-state index contributed by atoms with van der Waals surface area (Å²) in [5.74, 6) is 2.05. The molecular formula is C21H28N4O3. The number of hydrogen-bond donors (Lipinski definition) is 1. The van der Waals surface area contributed by atoms with E-state index in [4.69, 9.17) is 9.47 Å². The monoisotopic (exact) mass is 384 g/mol. The highest BCUT2D eigenvalue weighted by Crippen LogP contribution is 2.32. The topological polar surface area (TPSA) is 68.6 Å². The molecule has 1 aromatic heterocycles. The summed E-state index contributed by atoms with van der Waals surface area (Å²) in [6, 6.07) is 7.64. The Morgan fingerprint density at radius 3 is 2.61 bits per heavy atom. The molecule has 0 aliphatic carbocycles. The average Bonchev–Trinajstić information content (AvgIpc) is 3.00. The first-order valence-electron chi connectivity index (χ1n) is 10.00. The predicted octanol–water partition coefficient (Wildman–Crippen LogP) is 2.62. The van der Waals surface area contributed by atoms with Crippen molar-refractivity contribution < 1.29 is 14.3 Å². The van der Waals surface area contributed by atoms with E-state index in [1.165, 1.54) is 5.69 Å². The second-order valence-electron chi connectivity index (χ2n) is 7.74. The molecule has 3 heterocycles. The Balaban J connectivity index is 1.24. The highest BCUT2D eigenvalue weighted by atomic mass is 16.6. The molecule has 1 fully saturated rings. The molecule has 0 unspecified atom stereocenters. The second kappa shape index (κ2) is 8.22. The van der Waals surface area contributed by atoms with E-state index in [1.54, 1.807) is 0 Å².